The zero-order chi connectivity index (χ0) is 16.7. The van der Waals surface area contributed by atoms with Crippen molar-refractivity contribution in [3.8, 4) is 0 Å². The molecule has 2 aromatic carbocycles. The van der Waals surface area contributed by atoms with E-state index < -0.39 is 25.9 Å². The molecule has 0 fully saturated rings. The Bertz CT molecular complexity index is 936. The van der Waals surface area contributed by atoms with Crippen molar-refractivity contribution in [2.75, 3.05) is 5.75 Å². The van der Waals surface area contributed by atoms with Gasteiger partial charge in [0.2, 0.25) is 0 Å². The second-order valence-electron chi connectivity index (χ2n) is 5.43. The molecule has 1 atom stereocenters. The lowest BCUT2D eigenvalue weighted by Gasteiger charge is -2.14. The minimum atomic E-state index is -3.76. The van der Waals surface area contributed by atoms with Gasteiger partial charge in [0.25, 0.3) is 10.0 Å². The molecule has 0 saturated heterocycles. The molecule has 1 heterocycles. The van der Waals surface area contributed by atoms with Crippen molar-refractivity contribution < 1.29 is 16.8 Å². The molecule has 8 heteroatoms. The van der Waals surface area contributed by atoms with Gasteiger partial charge in [0.05, 0.1) is 21.6 Å². The number of sulfone groups is 1. The molecule has 0 aromatic heterocycles. The first-order chi connectivity index (χ1) is 10.8. The fraction of sp³-hybridized carbons (Fsp3) is 0.200. The maximum absolute atomic E-state index is 12.3. The van der Waals surface area contributed by atoms with Gasteiger partial charge in [-0.05, 0) is 30.7 Å². The molecule has 3 rings (SSSR count). The minimum absolute atomic E-state index is 0.115. The van der Waals surface area contributed by atoms with Crippen molar-refractivity contribution >= 4 is 19.9 Å². The Morgan fingerprint density at radius 2 is 1.70 bits per heavy atom. The average Bonchev–Trinajstić information content (AvgIpc) is 2.78. The van der Waals surface area contributed by atoms with Crippen molar-refractivity contribution in [1.29, 1.82) is 0 Å². The summed E-state index contributed by atoms with van der Waals surface area (Å²) in [5, 5.41) is 0. The highest BCUT2D eigenvalue weighted by atomic mass is 32.2. The first kappa shape index (κ1) is 16.1. The summed E-state index contributed by atoms with van der Waals surface area (Å²) in [4.78, 5) is 2.63. The third kappa shape index (κ3) is 3.16. The van der Waals surface area contributed by atoms with Crippen molar-refractivity contribution in [3.05, 3.63) is 59.7 Å². The summed E-state index contributed by atoms with van der Waals surface area (Å²) in [6.45, 7) is 1.86. The molecule has 0 amide bonds. The van der Waals surface area contributed by atoms with Crippen molar-refractivity contribution in [1.82, 2.24) is 10.3 Å². The predicted octanol–water partition coefficient (Wildman–Crippen LogP) is 1.31. The Balaban J connectivity index is 1.81. The fourth-order valence-corrected chi connectivity index (χ4v) is 5.14. The first-order valence-electron chi connectivity index (χ1n) is 6.95. The van der Waals surface area contributed by atoms with Crippen LogP contribution in [0.15, 0.2) is 58.3 Å². The zero-order valence-electron chi connectivity index (χ0n) is 12.4. The fourth-order valence-electron chi connectivity index (χ4n) is 2.50. The normalized spacial score (nSPS) is 19.4. The Morgan fingerprint density at radius 3 is 2.39 bits per heavy atom. The van der Waals surface area contributed by atoms with Gasteiger partial charge in [-0.3, -0.25) is 0 Å². The number of hydrogen-bond acceptors (Lipinski definition) is 5. The highest BCUT2D eigenvalue weighted by Crippen LogP contribution is 2.32. The lowest BCUT2D eigenvalue weighted by molar-refractivity contribution is 0.515. The smallest absolute Gasteiger partial charge is 0.235 e. The number of rotatable bonds is 4. The van der Waals surface area contributed by atoms with E-state index in [4.69, 9.17) is 0 Å². The average molecular weight is 352 g/mol. The third-order valence-corrected chi connectivity index (χ3v) is 6.81. The van der Waals surface area contributed by atoms with Gasteiger partial charge in [0.1, 0.15) is 0 Å². The molecule has 2 aromatic rings. The van der Waals surface area contributed by atoms with Gasteiger partial charge in [-0.15, -0.1) is 4.83 Å². The van der Waals surface area contributed by atoms with E-state index in [1.165, 1.54) is 18.2 Å². The van der Waals surface area contributed by atoms with Crippen LogP contribution in [0.2, 0.25) is 0 Å². The van der Waals surface area contributed by atoms with Crippen molar-refractivity contribution in [3.63, 3.8) is 0 Å². The van der Waals surface area contributed by atoms with Gasteiger partial charge >= 0.3 is 0 Å². The molecular weight excluding hydrogens is 336 g/mol. The standard InChI is InChI=1S/C15H16N2O4S2/c1-11-6-8-12(9-7-11)23(20,21)17-16-14-10-22(18,19)15-5-3-2-4-13(14)15/h2-9,14,16-17H,10H2,1H3. The molecule has 2 N–H and O–H groups in total. The highest BCUT2D eigenvalue weighted by molar-refractivity contribution is 7.91. The van der Waals surface area contributed by atoms with Gasteiger partial charge in [-0.1, -0.05) is 35.9 Å². The lowest BCUT2D eigenvalue weighted by Crippen LogP contribution is -2.40. The van der Waals surface area contributed by atoms with Gasteiger partial charge in [-0.2, -0.15) is 0 Å². The summed E-state index contributed by atoms with van der Waals surface area (Å²) >= 11 is 0. The van der Waals surface area contributed by atoms with E-state index in [1.807, 2.05) is 6.92 Å². The third-order valence-electron chi connectivity index (χ3n) is 3.71. The number of hydrazine groups is 1. The van der Waals surface area contributed by atoms with Crippen LogP contribution in [-0.4, -0.2) is 22.6 Å². The van der Waals surface area contributed by atoms with Crippen LogP contribution >= 0.6 is 0 Å². The number of aryl methyl sites for hydroxylation is 1. The molecule has 23 heavy (non-hydrogen) atoms. The molecule has 122 valence electrons. The van der Waals surface area contributed by atoms with E-state index in [0.717, 1.165) is 5.56 Å². The van der Waals surface area contributed by atoms with Gasteiger partial charge in [-0.25, -0.2) is 22.3 Å². The van der Waals surface area contributed by atoms with Crippen LogP contribution in [0, 0.1) is 6.92 Å². The van der Waals surface area contributed by atoms with Crippen LogP contribution in [0.25, 0.3) is 0 Å². The van der Waals surface area contributed by atoms with Gasteiger partial charge < -0.3 is 0 Å². The lowest BCUT2D eigenvalue weighted by atomic mass is 10.1. The largest absolute Gasteiger partial charge is 0.253 e. The molecule has 0 aliphatic carbocycles. The molecule has 0 saturated carbocycles. The highest BCUT2D eigenvalue weighted by Gasteiger charge is 2.34. The zero-order valence-corrected chi connectivity index (χ0v) is 14.0. The molecule has 0 radical (unpaired) electrons. The second-order valence-corrected chi connectivity index (χ2v) is 9.12. The van der Waals surface area contributed by atoms with E-state index in [9.17, 15) is 16.8 Å². The molecule has 1 aliphatic heterocycles. The quantitative estimate of drug-likeness (QED) is 0.810. The molecule has 6 nitrogen and oxygen atoms in total. The number of benzene rings is 2. The number of hydrogen-bond donors (Lipinski definition) is 2. The number of nitrogens with one attached hydrogen (secondary N) is 2. The van der Waals surface area contributed by atoms with Crippen LogP contribution < -0.4 is 10.3 Å². The minimum Gasteiger partial charge on any atom is -0.235 e. The van der Waals surface area contributed by atoms with Crippen LogP contribution in [-0.2, 0) is 19.9 Å². The van der Waals surface area contributed by atoms with E-state index in [-0.39, 0.29) is 15.5 Å². The molecule has 0 spiro atoms. The molecular formula is C15H16N2O4S2. The molecule has 0 bridgehead atoms. The van der Waals surface area contributed by atoms with Crippen LogP contribution in [0.1, 0.15) is 17.2 Å². The Kier molecular flexibility index (Phi) is 4.01. The van der Waals surface area contributed by atoms with E-state index >= 15 is 0 Å². The van der Waals surface area contributed by atoms with E-state index in [1.54, 1.807) is 30.3 Å². The van der Waals surface area contributed by atoms with Crippen molar-refractivity contribution in [2.45, 2.75) is 22.8 Å². The first-order valence-corrected chi connectivity index (χ1v) is 10.1. The SMILES string of the molecule is Cc1ccc(S(=O)(=O)NNC2CS(=O)(=O)c3ccccc32)cc1. The Labute approximate surface area is 135 Å². The topological polar surface area (TPSA) is 92.3 Å². The summed E-state index contributed by atoms with van der Waals surface area (Å²) in [5.41, 5.74) is 4.15. The molecule has 1 unspecified atom stereocenters. The summed E-state index contributed by atoms with van der Waals surface area (Å²) in [6.07, 6.45) is 0. The Hall–Kier alpha value is -1.74. The van der Waals surface area contributed by atoms with Gasteiger partial charge in [0, 0.05) is 0 Å². The maximum atomic E-state index is 12.3. The summed E-state index contributed by atoms with van der Waals surface area (Å²) < 4.78 is 48.7. The summed E-state index contributed by atoms with van der Waals surface area (Å²) in [5.74, 6) is -0.178. The number of fused-ring (bicyclic) bond motifs is 1. The monoisotopic (exact) mass is 352 g/mol. The predicted molar refractivity (Wildman–Crippen MR) is 85.9 cm³/mol. The Morgan fingerprint density at radius 1 is 1.04 bits per heavy atom. The van der Waals surface area contributed by atoms with E-state index in [0.29, 0.717) is 5.56 Å². The van der Waals surface area contributed by atoms with Gasteiger partial charge in [0.15, 0.2) is 9.84 Å². The maximum Gasteiger partial charge on any atom is 0.253 e. The van der Waals surface area contributed by atoms with E-state index in [2.05, 4.69) is 10.3 Å². The summed E-state index contributed by atoms with van der Waals surface area (Å²) in [7, 11) is -7.15. The number of sulfonamides is 1. The van der Waals surface area contributed by atoms with Crippen LogP contribution in [0.4, 0.5) is 0 Å². The van der Waals surface area contributed by atoms with Crippen LogP contribution in [0.5, 0.6) is 0 Å². The summed E-state index contributed by atoms with van der Waals surface area (Å²) in [6, 6.07) is 12.4. The van der Waals surface area contributed by atoms with Crippen molar-refractivity contribution in [2.24, 2.45) is 0 Å². The molecule has 1 aliphatic rings. The van der Waals surface area contributed by atoms with Crippen LogP contribution in [0.3, 0.4) is 0 Å². The second kappa shape index (κ2) is 5.72.